The monoisotopic (exact) mass is 392 g/mol. The second-order valence-corrected chi connectivity index (χ2v) is 9.17. The van der Waals surface area contributed by atoms with E-state index in [0.29, 0.717) is 37.7 Å². The molecule has 8 heteroatoms. The molecular weight excluding hydrogens is 372 g/mol. The Morgan fingerprint density at radius 1 is 1.04 bits per heavy atom. The first-order valence-electron chi connectivity index (χ1n) is 8.70. The van der Waals surface area contributed by atoms with Crippen LogP contribution in [0, 0.1) is 0 Å². The molecule has 1 aromatic heterocycles. The number of anilines is 1. The van der Waals surface area contributed by atoms with Gasteiger partial charge in [0, 0.05) is 13.1 Å². The van der Waals surface area contributed by atoms with Crippen LogP contribution in [0.1, 0.15) is 28.9 Å². The van der Waals surface area contributed by atoms with Gasteiger partial charge in [-0.2, -0.15) is 4.31 Å². The number of hydrogen-bond donors (Lipinski definition) is 0. The largest absolute Gasteiger partial charge is 0.490 e. The topological polar surface area (TPSA) is 66.9 Å². The molecule has 6 nitrogen and oxygen atoms in total. The highest BCUT2D eigenvalue weighted by Gasteiger charge is 2.34. The number of thiophene rings is 1. The number of carbonyl (C=O) groups is 1. The van der Waals surface area contributed by atoms with Gasteiger partial charge >= 0.3 is 0 Å². The van der Waals surface area contributed by atoms with Crippen molar-refractivity contribution in [2.75, 3.05) is 31.1 Å². The fraction of sp³-hybridized carbons (Fsp3) is 0.389. The summed E-state index contributed by atoms with van der Waals surface area (Å²) in [6, 6.07) is 8.87. The van der Waals surface area contributed by atoms with Crippen molar-refractivity contribution < 1.29 is 17.9 Å². The molecule has 26 heavy (non-hydrogen) atoms. The van der Waals surface area contributed by atoms with Crippen molar-refractivity contribution in [1.29, 1.82) is 0 Å². The molecule has 0 saturated carbocycles. The number of carbonyl (C=O) groups excluding carboxylic acids is 1. The maximum absolute atomic E-state index is 13.2. The predicted molar refractivity (Wildman–Crippen MR) is 101 cm³/mol. The average Bonchev–Trinajstić information content (AvgIpc) is 3.18. The predicted octanol–water partition coefficient (Wildman–Crippen LogP) is 2.96. The van der Waals surface area contributed by atoms with E-state index in [2.05, 4.69) is 0 Å². The van der Waals surface area contributed by atoms with Gasteiger partial charge in [-0.15, -0.1) is 11.3 Å². The van der Waals surface area contributed by atoms with Gasteiger partial charge in [0.1, 0.15) is 22.1 Å². The lowest BCUT2D eigenvalue weighted by Crippen LogP contribution is -2.39. The van der Waals surface area contributed by atoms with E-state index in [9.17, 15) is 13.2 Å². The van der Waals surface area contributed by atoms with Crippen LogP contribution >= 0.6 is 11.3 Å². The molecular formula is C18H20N2O4S2. The van der Waals surface area contributed by atoms with Crippen LogP contribution < -0.4 is 9.64 Å². The maximum atomic E-state index is 13.2. The summed E-state index contributed by atoms with van der Waals surface area (Å²) in [5.41, 5.74) is 0.679. The Hall–Kier alpha value is -1.90. The van der Waals surface area contributed by atoms with Crippen LogP contribution in [0.2, 0.25) is 0 Å². The van der Waals surface area contributed by atoms with Gasteiger partial charge in [0.05, 0.1) is 12.2 Å². The molecule has 138 valence electrons. The SMILES string of the molecule is O=C(c1sccc1S(=O)(=O)N1CCCCC1)N1CCOc2ccccc21. The van der Waals surface area contributed by atoms with Crippen molar-refractivity contribution in [2.24, 2.45) is 0 Å². The van der Waals surface area contributed by atoms with Crippen LogP contribution in [0.3, 0.4) is 0 Å². The minimum Gasteiger partial charge on any atom is -0.490 e. The second-order valence-electron chi connectivity index (χ2n) is 6.35. The van der Waals surface area contributed by atoms with E-state index in [0.717, 1.165) is 19.3 Å². The van der Waals surface area contributed by atoms with Crippen LogP contribution in [-0.4, -0.2) is 44.9 Å². The van der Waals surface area contributed by atoms with Crippen molar-refractivity contribution in [2.45, 2.75) is 24.2 Å². The van der Waals surface area contributed by atoms with Crippen LogP contribution in [-0.2, 0) is 10.0 Å². The van der Waals surface area contributed by atoms with Gasteiger partial charge in [0.15, 0.2) is 0 Å². The summed E-state index contributed by atoms with van der Waals surface area (Å²) < 4.78 is 33.2. The number of amides is 1. The number of nitrogens with zero attached hydrogens (tertiary/aromatic N) is 2. The van der Waals surface area contributed by atoms with Gasteiger partial charge in [-0.1, -0.05) is 18.6 Å². The van der Waals surface area contributed by atoms with Crippen LogP contribution in [0.5, 0.6) is 5.75 Å². The highest BCUT2D eigenvalue weighted by molar-refractivity contribution is 7.89. The number of hydrogen-bond acceptors (Lipinski definition) is 5. The molecule has 3 heterocycles. The zero-order valence-electron chi connectivity index (χ0n) is 14.3. The van der Waals surface area contributed by atoms with E-state index < -0.39 is 10.0 Å². The Bertz CT molecular complexity index is 917. The van der Waals surface area contributed by atoms with Gasteiger partial charge in [0.25, 0.3) is 5.91 Å². The van der Waals surface area contributed by atoms with E-state index in [1.807, 2.05) is 24.3 Å². The Balaban J connectivity index is 1.68. The molecule has 1 aromatic carbocycles. The highest BCUT2D eigenvalue weighted by atomic mass is 32.2. The first-order chi connectivity index (χ1) is 12.6. The van der Waals surface area contributed by atoms with E-state index in [-0.39, 0.29) is 15.7 Å². The number of fused-ring (bicyclic) bond motifs is 1. The highest BCUT2D eigenvalue weighted by Crippen LogP contribution is 2.35. The number of sulfonamides is 1. The summed E-state index contributed by atoms with van der Waals surface area (Å²) in [7, 11) is -3.65. The number of para-hydroxylation sites is 2. The second kappa shape index (κ2) is 7.02. The van der Waals surface area contributed by atoms with Gasteiger partial charge in [0.2, 0.25) is 10.0 Å². The minimum absolute atomic E-state index is 0.123. The molecule has 0 aliphatic carbocycles. The average molecular weight is 393 g/mol. The number of piperidine rings is 1. The molecule has 0 atom stereocenters. The van der Waals surface area contributed by atoms with E-state index in [1.165, 1.54) is 15.6 Å². The lowest BCUT2D eigenvalue weighted by Gasteiger charge is -2.30. The molecule has 0 N–H and O–H groups in total. The zero-order valence-corrected chi connectivity index (χ0v) is 15.9. The van der Waals surface area contributed by atoms with Crippen molar-refractivity contribution in [3.05, 3.63) is 40.6 Å². The van der Waals surface area contributed by atoms with Crippen molar-refractivity contribution in [1.82, 2.24) is 4.31 Å². The minimum atomic E-state index is -3.65. The third-order valence-electron chi connectivity index (χ3n) is 4.73. The summed E-state index contributed by atoms with van der Waals surface area (Å²) in [5.74, 6) is 0.357. The summed E-state index contributed by atoms with van der Waals surface area (Å²) in [6.45, 7) is 1.83. The molecule has 0 radical (unpaired) electrons. The first-order valence-corrected chi connectivity index (χ1v) is 11.0. The molecule has 1 saturated heterocycles. The van der Waals surface area contributed by atoms with Gasteiger partial charge in [-0.05, 0) is 36.4 Å². The maximum Gasteiger partial charge on any atom is 0.269 e. The summed E-state index contributed by atoms with van der Waals surface area (Å²) in [5, 5.41) is 1.68. The molecule has 4 rings (SSSR count). The Labute approximate surface area is 157 Å². The fourth-order valence-corrected chi connectivity index (χ4v) is 6.26. The summed E-state index contributed by atoms with van der Waals surface area (Å²) in [6.07, 6.45) is 2.78. The normalized spacial score (nSPS) is 18.2. The molecule has 0 unspecified atom stereocenters. The number of ether oxygens (including phenoxy) is 1. The third kappa shape index (κ3) is 3.02. The summed E-state index contributed by atoms with van der Waals surface area (Å²) >= 11 is 1.18. The van der Waals surface area contributed by atoms with Crippen LogP contribution in [0.15, 0.2) is 40.6 Å². The molecule has 1 amide bonds. The Morgan fingerprint density at radius 2 is 1.81 bits per heavy atom. The third-order valence-corrected chi connectivity index (χ3v) is 7.70. The van der Waals surface area contributed by atoms with E-state index in [4.69, 9.17) is 4.74 Å². The lowest BCUT2D eigenvalue weighted by molar-refractivity contribution is 0.0977. The first kappa shape index (κ1) is 17.5. The molecule has 0 spiro atoms. The Kier molecular flexibility index (Phi) is 4.73. The van der Waals surface area contributed by atoms with Crippen molar-refractivity contribution >= 4 is 33.0 Å². The van der Waals surface area contributed by atoms with Crippen LogP contribution in [0.25, 0.3) is 0 Å². The van der Waals surface area contributed by atoms with Crippen molar-refractivity contribution in [3.63, 3.8) is 0 Å². The molecule has 2 aromatic rings. The zero-order chi connectivity index (χ0) is 18.1. The van der Waals surface area contributed by atoms with E-state index in [1.54, 1.807) is 16.3 Å². The molecule has 1 fully saturated rings. The van der Waals surface area contributed by atoms with Gasteiger partial charge in [-0.3, -0.25) is 4.79 Å². The standard InChI is InChI=1S/C18H20N2O4S2/c21-18(20-11-12-24-15-7-3-2-6-14(15)20)17-16(8-13-25-17)26(22,23)19-9-4-1-5-10-19/h2-3,6-8,13H,1,4-5,9-12H2. The van der Waals surface area contributed by atoms with Crippen molar-refractivity contribution in [3.8, 4) is 5.75 Å². The Morgan fingerprint density at radius 3 is 2.62 bits per heavy atom. The summed E-state index contributed by atoms with van der Waals surface area (Å²) in [4.78, 5) is 15.2. The van der Waals surface area contributed by atoms with Gasteiger partial charge < -0.3 is 9.64 Å². The number of rotatable bonds is 3. The molecule has 2 aliphatic rings. The lowest BCUT2D eigenvalue weighted by atomic mass is 10.2. The smallest absolute Gasteiger partial charge is 0.269 e. The fourth-order valence-electron chi connectivity index (χ4n) is 3.40. The molecule has 0 bridgehead atoms. The van der Waals surface area contributed by atoms with Crippen LogP contribution in [0.4, 0.5) is 5.69 Å². The molecule has 2 aliphatic heterocycles. The van der Waals surface area contributed by atoms with Gasteiger partial charge in [-0.25, -0.2) is 8.42 Å². The quantitative estimate of drug-likeness (QED) is 0.805. The van der Waals surface area contributed by atoms with E-state index >= 15 is 0 Å². The number of benzene rings is 1.